The second kappa shape index (κ2) is 16.6. The molecule has 1 saturated heterocycles. The Labute approximate surface area is 164 Å². The van der Waals surface area contributed by atoms with E-state index in [9.17, 15) is 9.59 Å². The maximum atomic E-state index is 11.6. The van der Waals surface area contributed by atoms with Crippen molar-refractivity contribution in [2.24, 2.45) is 0 Å². The lowest BCUT2D eigenvalue weighted by atomic mass is 10.1. The van der Waals surface area contributed by atoms with E-state index in [0.29, 0.717) is 6.42 Å². The highest BCUT2D eigenvalue weighted by molar-refractivity contribution is 5.69. The highest BCUT2D eigenvalue weighted by Crippen LogP contribution is 2.11. The predicted octanol–water partition coefficient (Wildman–Crippen LogP) is 6.10. The van der Waals surface area contributed by atoms with Gasteiger partial charge in [-0.15, -0.1) is 0 Å². The summed E-state index contributed by atoms with van der Waals surface area (Å²) in [7, 11) is 0. The Morgan fingerprint density at radius 3 is 2.15 bits per heavy atom. The number of allylic oxidation sites excluding steroid dienone is 2. The molecule has 0 radical (unpaired) electrons. The number of carbonyl (C=O) groups is 2. The molecule has 0 aromatic rings. The van der Waals surface area contributed by atoms with Crippen molar-refractivity contribution < 1.29 is 23.8 Å². The molecule has 1 heterocycles. The van der Waals surface area contributed by atoms with Crippen LogP contribution in [0.25, 0.3) is 0 Å². The minimum atomic E-state index is -0.687. The first kappa shape index (κ1) is 23.5. The minimum Gasteiger partial charge on any atom is -0.462 e. The summed E-state index contributed by atoms with van der Waals surface area (Å²) in [5, 5.41) is 0. The van der Waals surface area contributed by atoms with Gasteiger partial charge in [-0.3, -0.25) is 4.79 Å². The summed E-state index contributed by atoms with van der Waals surface area (Å²) in [4.78, 5) is 22.3. The summed E-state index contributed by atoms with van der Waals surface area (Å²) < 4.78 is 14.5. The van der Waals surface area contributed by atoms with Crippen molar-refractivity contribution in [3.8, 4) is 0 Å². The summed E-state index contributed by atoms with van der Waals surface area (Å²) >= 11 is 0. The number of rotatable bonds is 17. The van der Waals surface area contributed by atoms with Crippen LogP contribution in [0.15, 0.2) is 12.2 Å². The Hall–Kier alpha value is -1.52. The van der Waals surface area contributed by atoms with Gasteiger partial charge < -0.3 is 14.2 Å². The molecule has 1 rings (SSSR count). The molecule has 0 aliphatic carbocycles. The lowest BCUT2D eigenvalue weighted by Crippen LogP contribution is -2.20. The smallest absolute Gasteiger partial charge is 0.462 e. The van der Waals surface area contributed by atoms with Crippen LogP contribution in [0.1, 0.15) is 96.8 Å². The van der Waals surface area contributed by atoms with E-state index in [2.05, 4.69) is 23.8 Å². The fourth-order valence-electron chi connectivity index (χ4n) is 3.05. The van der Waals surface area contributed by atoms with Gasteiger partial charge in [0.2, 0.25) is 0 Å². The number of hydrogen-bond acceptors (Lipinski definition) is 5. The summed E-state index contributed by atoms with van der Waals surface area (Å²) in [5.41, 5.74) is 0. The molecule has 0 bridgehead atoms. The molecule has 156 valence electrons. The average Bonchev–Trinajstić information content (AvgIpc) is 3.08. The molecule has 27 heavy (non-hydrogen) atoms. The van der Waals surface area contributed by atoms with Crippen molar-refractivity contribution in [2.75, 3.05) is 13.2 Å². The zero-order chi connectivity index (χ0) is 19.6. The molecule has 0 saturated carbocycles. The van der Waals surface area contributed by atoms with Crippen LogP contribution < -0.4 is 0 Å². The number of unbranched alkanes of at least 4 members (excludes halogenated alkanes) is 11. The number of ether oxygens (including phenoxy) is 3. The molecule has 0 spiro atoms. The molecule has 0 aromatic carbocycles. The summed E-state index contributed by atoms with van der Waals surface area (Å²) in [6.45, 7) is 2.51. The van der Waals surface area contributed by atoms with Gasteiger partial charge in [-0.25, -0.2) is 4.79 Å². The van der Waals surface area contributed by atoms with E-state index >= 15 is 0 Å². The van der Waals surface area contributed by atoms with Gasteiger partial charge in [0.25, 0.3) is 0 Å². The summed E-state index contributed by atoms with van der Waals surface area (Å²) in [6, 6.07) is 0. The van der Waals surface area contributed by atoms with E-state index in [1.165, 1.54) is 64.2 Å². The van der Waals surface area contributed by atoms with Crippen LogP contribution in [-0.4, -0.2) is 31.4 Å². The SMILES string of the molecule is CCCCCCCC/C=C\CCCCCCCC(=O)OCC1COC(=O)O1. The molecule has 1 aliphatic heterocycles. The lowest BCUT2D eigenvalue weighted by molar-refractivity contribution is -0.146. The van der Waals surface area contributed by atoms with Crippen molar-refractivity contribution in [3.05, 3.63) is 12.2 Å². The zero-order valence-corrected chi connectivity index (χ0v) is 17.1. The van der Waals surface area contributed by atoms with Gasteiger partial charge in [-0.2, -0.15) is 0 Å². The van der Waals surface area contributed by atoms with Crippen LogP contribution >= 0.6 is 0 Å². The van der Waals surface area contributed by atoms with Crippen LogP contribution in [0.4, 0.5) is 4.79 Å². The highest BCUT2D eigenvalue weighted by Gasteiger charge is 2.26. The Morgan fingerprint density at radius 1 is 0.963 bits per heavy atom. The molecule has 1 atom stereocenters. The molecule has 1 aliphatic rings. The molecule has 5 heteroatoms. The second-order valence-electron chi connectivity index (χ2n) is 7.32. The van der Waals surface area contributed by atoms with Crippen LogP contribution in [0.5, 0.6) is 0 Å². The zero-order valence-electron chi connectivity index (χ0n) is 17.1. The van der Waals surface area contributed by atoms with Gasteiger partial charge in [-0.1, -0.05) is 70.4 Å². The molecule has 0 N–H and O–H groups in total. The Kier molecular flexibility index (Phi) is 14.5. The van der Waals surface area contributed by atoms with Gasteiger partial charge in [0.15, 0.2) is 6.10 Å². The molecule has 0 amide bonds. The van der Waals surface area contributed by atoms with Crippen LogP contribution in [0.2, 0.25) is 0 Å². The lowest BCUT2D eigenvalue weighted by Gasteiger charge is -2.07. The molecule has 5 nitrogen and oxygen atoms in total. The number of esters is 1. The van der Waals surface area contributed by atoms with E-state index < -0.39 is 12.3 Å². The largest absolute Gasteiger partial charge is 0.508 e. The molecular formula is C22H38O5. The van der Waals surface area contributed by atoms with Gasteiger partial charge in [0, 0.05) is 6.42 Å². The molecular weight excluding hydrogens is 344 g/mol. The van der Waals surface area contributed by atoms with Crippen molar-refractivity contribution >= 4 is 12.1 Å². The first-order chi connectivity index (χ1) is 13.2. The third kappa shape index (κ3) is 14.2. The van der Waals surface area contributed by atoms with E-state index in [1.54, 1.807) is 0 Å². The first-order valence-corrected chi connectivity index (χ1v) is 10.9. The van der Waals surface area contributed by atoms with E-state index in [0.717, 1.165) is 19.3 Å². The third-order valence-corrected chi connectivity index (χ3v) is 4.72. The highest BCUT2D eigenvalue weighted by atomic mass is 16.8. The number of carbonyl (C=O) groups excluding carboxylic acids is 2. The minimum absolute atomic E-state index is 0.0929. The van der Waals surface area contributed by atoms with Crippen molar-refractivity contribution in [1.29, 1.82) is 0 Å². The standard InChI is InChI=1S/C22H38O5/c1-2-3-4-5-6-7-8-9-10-11-12-13-14-15-16-17-21(23)25-18-20-19-26-22(24)27-20/h9-10,20H,2-8,11-19H2,1H3/b10-9-. The normalized spacial score (nSPS) is 16.5. The monoisotopic (exact) mass is 382 g/mol. The Bertz CT molecular complexity index is 419. The van der Waals surface area contributed by atoms with Crippen LogP contribution in [0.3, 0.4) is 0 Å². The Balaban J connectivity index is 1.78. The van der Waals surface area contributed by atoms with Crippen molar-refractivity contribution in [2.45, 2.75) is 103 Å². The predicted molar refractivity (Wildman–Crippen MR) is 107 cm³/mol. The fraction of sp³-hybridized carbons (Fsp3) is 0.818. The molecule has 1 fully saturated rings. The van der Waals surface area contributed by atoms with Gasteiger partial charge in [-0.05, 0) is 32.1 Å². The molecule has 0 aromatic heterocycles. The van der Waals surface area contributed by atoms with E-state index in [4.69, 9.17) is 9.47 Å². The van der Waals surface area contributed by atoms with E-state index in [1.807, 2.05) is 0 Å². The summed E-state index contributed by atoms with van der Waals surface area (Å²) in [5.74, 6) is -0.226. The van der Waals surface area contributed by atoms with E-state index in [-0.39, 0.29) is 19.2 Å². The molecule has 1 unspecified atom stereocenters. The Morgan fingerprint density at radius 2 is 1.56 bits per heavy atom. The average molecular weight is 383 g/mol. The maximum Gasteiger partial charge on any atom is 0.508 e. The van der Waals surface area contributed by atoms with Gasteiger partial charge in [0.05, 0.1) is 0 Å². The van der Waals surface area contributed by atoms with Crippen LogP contribution in [-0.2, 0) is 19.0 Å². The second-order valence-corrected chi connectivity index (χ2v) is 7.32. The summed E-state index contributed by atoms with van der Waals surface area (Å²) in [6.07, 6.45) is 20.0. The van der Waals surface area contributed by atoms with Gasteiger partial charge >= 0.3 is 12.1 Å². The van der Waals surface area contributed by atoms with Crippen molar-refractivity contribution in [1.82, 2.24) is 0 Å². The van der Waals surface area contributed by atoms with Gasteiger partial charge in [0.1, 0.15) is 13.2 Å². The quantitative estimate of drug-likeness (QED) is 0.173. The first-order valence-electron chi connectivity index (χ1n) is 10.9. The van der Waals surface area contributed by atoms with Crippen molar-refractivity contribution in [3.63, 3.8) is 0 Å². The number of hydrogen-bond donors (Lipinski definition) is 0. The third-order valence-electron chi connectivity index (χ3n) is 4.72. The van der Waals surface area contributed by atoms with Crippen LogP contribution in [0, 0.1) is 0 Å². The maximum absolute atomic E-state index is 11.6. The topological polar surface area (TPSA) is 61.8 Å². The fourth-order valence-corrected chi connectivity index (χ4v) is 3.05. The number of cyclic esters (lactones) is 2.